The van der Waals surface area contributed by atoms with Crippen LogP contribution in [0.3, 0.4) is 0 Å². The smallest absolute Gasteiger partial charge is 0.293 e. The lowest BCUT2D eigenvalue weighted by Crippen LogP contribution is -2.13. The first-order valence-corrected chi connectivity index (χ1v) is 7.99. The number of carbonyl (C=O) groups excluding carboxylic acids is 1. The van der Waals surface area contributed by atoms with E-state index < -0.39 is 10.8 Å². The van der Waals surface area contributed by atoms with Crippen LogP contribution in [0.25, 0.3) is 11.0 Å². The van der Waals surface area contributed by atoms with Crippen LogP contribution in [0.15, 0.2) is 40.8 Å². The third-order valence-electron chi connectivity index (χ3n) is 4.21. The van der Waals surface area contributed by atoms with Gasteiger partial charge in [0.2, 0.25) is 0 Å². The van der Waals surface area contributed by atoms with Gasteiger partial charge in [-0.05, 0) is 49.6 Å². The molecular formula is C19H18N2O4. The molecule has 0 spiro atoms. The molecule has 0 saturated heterocycles. The Kier molecular flexibility index (Phi) is 4.27. The van der Waals surface area contributed by atoms with E-state index in [1.165, 1.54) is 12.1 Å². The molecule has 0 aliphatic rings. The lowest BCUT2D eigenvalue weighted by atomic mass is 10.1. The SMILES string of the molecule is CCc1ccc2oc(C(=O)Nc3ccc(C)cc3[N+](=O)[O-])c(C)c2c1. The summed E-state index contributed by atoms with van der Waals surface area (Å²) in [7, 11) is 0. The summed E-state index contributed by atoms with van der Waals surface area (Å²) in [5, 5.41) is 14.7. The maximum absolute atomic E-state index is 12.6. The normalized spacial score (nSPS) is 10.8. The van der Waals surface area contributed by atoms with E-state index in [0.717, 1.165) is 28.5 Å². The average Bonchev–Trinajstić information content (AvgIpc) is 2.92. The van der Waals surface area contributed by atoms with Crippen molar-refractivity contribution in [1.82, 2.24) is 0 Å². The van der Waals surface area contributed by atoms with E-state index in [-0.39, 0.29) is 17.1 Å². The second-order valence-electron chi connectivity index (χ2n) is 5.97. The van der Waals surface area contributed by atoms with Crippen molar-refractivity contribution in [3.05, 3.63) is 69.0 Å². The molecule has 3 rings (SSSR count). The monoisotopic (exact) mass is 338 g/mol. The predicted molar refractivity (Wildman–Crippen MR) is 96.1 cm³/mol. The van der Waals surface area contributed by atoms with Crippen LogP contribution >= 0.6 is 0 Å². The van der Waals surface area contributed by atoms with Crippen molar-refractivity contribution in [3.8, 4) is 0 Å². The fraction of sp³-hybridized carbons (Fsp3) is 0.211. The molecule has 1 heterocycles. The summed E-state index contributed by atoms with van der Waals surface area (Å²) >= 11 is 0. The molecule has 0 radical (unpaired) electrons. The molecule has 0 aliphatic carbocycles. The van der Waals surface area contributed by atoms with Gasteiger partial charge in [-0.2, -0.15) is 0 Å². The number of amides is 1. The Labute approximate surface area is 144 Å². The number of nitrogens with zero attached hydrogens (tertiary/aromatic N) is 1. The van der Waals surface area contributed by atoms with Gasteiger partial charge in [0.25, 0.3) is 11.6 Å². The fourth-order valence-corrected chi connectivity index (χ4v) is 2.78. The zero-order chi connectivity index (χ0) is 18.1. The van der Waals surface area contributed by atoms with Crippen LogP contribution < -0.4 is 5.32 Å². The molecule has 1 N–H and O–H groups in total. The second kappa shape index (κ2) is 6.39. The number of rotatable bonds is 4. The van der Waals surface area contributed by atoms with Crippen molar-refractivity contribution < 1.29 is 14.1 Å². The van der Waals surface area contributed by atoms with Crippen LogP contribution in [0, 0.1) is 24.0 Å². The second-order valence-corrected chi connectivity index (χ2v) is 5.97. The van der Waals surface area contributed by atoms with Crippen LogP contribution in [0.4, 0.5) is 11.4 Å². The van der Waals surface area contributed by atoms with E-state index >= 15 is 0 Å². The fourth-order valence-electron chi connectivity index (χ4n) is 2.78. The molecule has 6 nitrogen and oxygen atoms in total. The van der Waals surface area contributed by atoms with Crippen molar-refractivity contribution in [2.24, 2.45) is 0 Å². The molecule has 0 aliphatic heterocycles. The van der Waals surface area contributed by atoms with Gasteiger partial charge in [0.15, 0.2) is 5.76 Å². The highest BCUT2D eigenvalue weighted by Crippen LogP contribution is 2.29. The van der Waals surface area contributed by atoms with E-state index in [2.05, 4.69) is 12.2 Å². The molecule has 6 heteroatoms. The lowest BCUT2D eigenvalue weighted by molar-refractivity contribution is -0.384. The van der Waals surface area contributed by atoms with Crippen molar-refractivity contribution in [2.75, 3.05) is 5.32 Å². The molecule has 3 aromatic rings. The standard InChI is InChI=1S/C19H18N2O4/c1-4-13-6-8-17-14(10-13)12(3)18(25-17)19(22)20-15-7-5-11(2)9-16(15)21(23)24/h5-10H,4H2,1-3H3,(H,20,22). The first-order valence-electron chi connectivity index (χ1n) is 7.99. The number of hydrogen-bond acceptors (Lipinski definition) is 4. The minimum absolute atomic E-state index is 0.143. The summed E-state index contributed by atoms with van der Waals surface area (Å²) in [4.78, 5) is 23.3. The molecule has 0 bridgehead atoms. The van der Waals surface area contributed by atoms with E-state index in [0.29, 0.717) is 5.58 Å². The summed E-state index contributed by atoms with van der Waals surface area (Å²) in [6.45, 7) is 5.62. The van der Waals surface area contributed by atoms with Gasteiger partial charge < -0.3 is 9.73 Å². The third kappa shape index (κ3) is 3.10. The van der Waals surface area contributed by atoms with E-state index in [1.54, 1.807) is 13.0 Å². The molecule has 0 saturated carbocycles. The zero-order valence-electron chi connectivity index (χ0n) is 14.3. The van der Waals surface area contributed by atoms with Crippen LogP contribution in [0.2, 0.25) is 0 Å². The minimum atomic E-state index is -0.512. The van der Waals surface area contributed by atoms with Gasteiger partial charge in [0.1, 0.15) is 11.3 Å². The Morgan fingerprint density at radius 1 is 1.20 bits per heavy atom. The maximum Gasteiger partial charge on any atom is 0.293 e. The van der Waals surface area contributed by atoms with Gasteiger partial charge in [-0.3, -0.25) is 14.9 Å². The number of fused-ring (bicyclic) bond motifs is 1. The number of anilines is 1. The molecule has 0 atom stereocenters. The molecule has 128 valence electrons. The quantitative estimate of drug-likeness (QED) is 0.548. The van der Waals surface area contributed by atoms with E-state index in [4.69, 9.17) is 4.42 Å². The molecule has 1 aromatic heterocycles. The topological polar surface area (TPSA) is 85.4 Å². The first kappa shape index (κ1) is 16.7. The van der Waals surface area contributed by atoms with Gasteiger partial charge in [0, 0.05) is 17.0 Å². The number of aryl methyl sites for hydroxylation is 3. The summed E-state index contributed by atoms with van der Waals surface area (Å²) in [6.07, 6.45) is 0.887. The maximum atomic E-state index is 12.6. The summed E-state index contributed by atoms with van der Waals surface area (Å²) in [5.41, 5.74) is 3.25. The van der Waals surface area contributed by atoms with Gasteiger partial charge in [-0.25, -0.2) is 0 Å². The summed E-state index contributed by atoms with van der Waals surface area (Å²) in [6, 6.07) is 10.5. The van der Waals surface area contributed by atoms with Gasteiger partial charge in [-0.15, -0.1) is 0 Å². The molecule has 0 unspecified atom stereocenters. The van der Waals surface area contributed by atoms with Crippen LogP contribution in [0.1, 0.15) is 34.2 Å². The largest absolute Gasteiger partial charge is 0.451 e. The van der Waals surface area contributed by atoms with Crippen LogP contribution in [0.5, 0.6) is 0 Å². The Hall–Kier alpha value is -3.15. The van der Waals surface area contributed by atoms with Crippen LogP contribution in [-0.4, -0.2) is 10.8 Å². The molecule has 25 heavy (non-hydrogen) atoms. The Morgan fingerprint density at radius 2 is 1.96 bits per heavy atom. The van der Waals surface area contributed by atoms with Crippen molar-refractivity contribution in [1.29, 1.82) is 0 Å². The Bertz CT molecular complexity index is 988. The number of benzene rings is 2. The Morgan fingerprint density at radius 3 is 2.64 bits per heavy atom. The number of hydrogen-bond donors (Lipinski definition) is 1. The van der Waals surface area contributed by atoms with Crippen LogP contribution in [-0.2, 0) is 6.42 Å². The molecular weight excluding hydrogens is 320 g/mol. The molecule has 2 aromatic carbocycles. The van der Waals surface area contributed by atoms with Gasteiger partial charge in [-0.1, -0.05) is 19.1 Å². The first-order chi connectivity index (χ1) is 11.9. The number of nitro groups is 1. The molecule has 1 amide bonds. The van der Waals surface area contributed by atoms with E-state index in [9.17, 15) is 14.9 Å². The van der Waals surface area contributed by atoms with Crippen molar-refractivity contribution in [2.45, 2.75) is 27.2 Å². The van der Waals surface area contributed by atoms with Crippen molar-refractivity contribution >= 4 is 28.3 Å². The minimum Gasteiger partial charge on any atom is -0.451 e. The third-order valence-corrected chi connectivity index (χ3v) is 4.21. The molecule has 0 fully saturated rings. The van der Waals surface area contributed by atoms with E-state index in [1.807, 2.05) is 25.1 Å². The highest BCUT2D eigenvalue weighted by molar-refractivity contribution is 6.07. The summed E-state index contributed by atoms with van der Waals surface area (Å²) < 4.78 is 5.67. The number of nitro benzene ring substituents is 1. The number of carbonyl (C=O) groups is 1. The van der Waals surface area contributed by atoms with Gasteiger partial charge in [0.05, 0.1) is 4.92 Å². The predicted octanol–water partition coefficient (Wildman–Crippen LogP) is 4.77. The number of nitrogens with one attached hydrogen (secondary N) is 1. The Balaban J connectivity index is 1.98. The highest BCUT2D eigenvalue weighted by Gasteiger charge is 2.21. The highest BCUT2D eigenvalue weighted by atomic mass is 16.6. The zero-order valence-corrected chi connectivity index (χ0v) is 14.3. The lowest BCUT2D eigenvalue weighted by Gasteiger charge is -2.05. The van der Waals surface area contributed by atoms with Crippen molar-refractivity contribution in [3.63, 3.8) is 0 Å². The van der Waals surface area contributed by atoms with Gasteiger partial charge >= 0.3 is 0 Å². The average molecular weight is 338 g/mol. The number of furan rings is 1. The summed E-state index contributed by atoms with van der Waals surface area (Å²) in [5.74, 6) is -0.336.